The normalized spacial score (nSPS) is 14.7. The highest BCUT2D eigenvalue weighted by atomic mass is 79.9. The summed E-state index contributed by atoms with van der Waals surface area (Å²) >= 11 is 13.3. The maximum Gasteiger partial charge on any atom is 0.341 e. The Morgan fingerprint density at radius 3 is 2.47 bits per heavy atom. The van der Waals surface area contributed by atoms with Crippen molar-refractivity contribution in [1.29, 1.82) is 0 Å². The number of aliphatic carboxylic acids is 1. The van der Waals surface area contributed by atoms with Crippen molar-refractivity contribution in [3.8, 4) is 5.75 Å². The fourth-order valence-corrected chi connectivity index (χ4v) is 5.09. The molecule has 1 aliphatic heterocycles. The van der Waals surface area contributed by atoms with E-state index in [0.29, 0.717) is 37.0 Å². The van der Waals surface area contributed by atoms with Gasteiger partial charge in [-0.25, -0.2) is 4.79 Å². The van der Waals surface area contributed by atoms with Crippen LogP contribution in [0, 0.1) is 0 Å². The predicted molar refractivity (Wildman–Crippen MR) is 128 cm³/mol. The molecule has 0 aromatic heterocycles. The number of carbonyl (C=O) groups excluding carboxylic acids is 3. The molecule has 0 unspecified atom stereocenters. The smallest absolute Gasteiger partial charge is 0.341 e. The first kappa shape index (κ1) is 24.3. The van der Waals surface area contributed by atoms with Gasteiger partial charge in [0.1, 0.15) is 12.3 Å². The number of carboxylic acids is 1. The van der Waals surface area contributed by atoms with E-state index >= 15 is 0 Å². The summed E-state index contributed by atoms with van der Waals surface area (Å²) in [5, 5.41) is 11.1. The van der Waals surface area contributed by atoms with Crippen LogP contribution in [0.2, 0.25) is 5.02 Å². The number of benzene rings is 2. The van der Waals surface area contributed by atoms with Gasteiger partial charge in [-0.3, -0.25) is 19.3 Å². The molecular weight excluding hydrogens is 592 g/mol. The minimum Gasteiger partial charge on any atom is -0.480 e. The average molecular weight is 605 g/mol. The quantitative estimate of drug-likeness (QED) is 0.428. The van der Waals surface area contributed by atoms with E-state index in [0.717, 1.165) is 4.90 Å². The van der Waals surface area contributed by atoms with Crippen LogP contribution in [0.3, 0.4) is 0 Å². The van der Waals surface area contributed by atoms with Crippen LogP contribution in [0.15, 0.2) is 50.2 Å². The zero-order valence-electron chi connectivity index (χ0n) is 15.9. The third-order valence-corrected chi connectivity index (χ3v) is 6.40. The summed E-state index contributed by atoms with van der Waals surface area (Å²) in [6, 6.07) is 9.83. The van der Waals surface area contributed by atoms with Gasteiger partial charge < -0.3 is 15.2 Å². The molecule has 1 aliphatic rings. The Balaban J connectivity index is 1.73. The molecule has 0 spiro atoms. The van der Waals surface area contributed by atoms with Gasteiger partial charge in [0.25, 0.3) is 11.1 Å². The number of anilines is 1. The summed E-state index contributed by atoms with van der Waals surface area (Å²) in [7, 11) is 0. The standard InChI is InChI=1S/C20H13Br2ClN2O6S/c21-11-5-10(6-12(22)18(11)31-9-17(27)28)7-15-19(29)25(20(30)32-15)8-16(26)24-14-4-2-1-3-13(14)23/h1-7H,8-9H2,(H,24,26)(H,27,28)/b15-7+. The molecule has 2 aromatic rings. The Bertz CT molecular complexity index is 1130. The van der Waals surface area contributed by atoms with Crippen molar-refractivity contribution in [3.63, 3.8) is 0 Å². The molecule has 12 heteroatoms. The Morgan fingerprint density at radius 1 is 1.19 bits per heavy atom. The predicted octanol–water partition coefficient (Wildman–Crippen LogP) is 5.00. The van der Waals surface area contributed by atoms with Crippen LogP contribution in [-0.2, 0) is 14.4 Å². The van der Waals surface area contributed by atoms with Crippen LogP contribution >= 0.6 is 55.2 Å². The van der Waals surface area contributed by atoms with Crippen LogP contribution in [0.5, 0.6) is 5.75 Å². The number of carboxylic acid groups (broad SMARTS) is 1. The van der Waals surface area contributed by atoms with E-state index in [-0.39, 0.29) is 10.7 Å². The average Bonchev–Trinajstić information content (AvgIpc) is 2.96. The molecule has 0 radical (unpaired) electrons. The number of rotatable bonds is 7. The van der Waals surface area contributed by atoms with Crippen LogP contribution in [0.25, 0.3) is 6.08 Å². The molecule has 32 heavy (non-hydrogen) atoms. The lowest BCUT2D eigenvalue weighted by molar-refractivity contribution is -0.139. The molecule has 0 atom stereocenters. The molecular formula is C20H13Br2ClN2O6S. The summed E-state index contributed by atoms with van der Waals surface area (Å²) in [5.41, 5.74) is 0.930. The number of hydrogen-bond donors (Lipinski definition) is 2. The molecule has 0 bridgehead atoms. The Kier molecular flexibility index (Phi) is 7.99. The topological polar surface area (TPSA) is 113 Å². The molecule has 0 saturated carbocycles. The van der Waals surface area contributed by atoms with Crippen molar-refractivity contribution in [3.05, 3.63) is 60.8 Å². The van der Waals surface area contributed by atoms with E-state index in [1.807, 2.05) is 0 Å². The number of imide groups is 1. The minimum atomic E-state index is -1.12. The highest BCUT2D eigenvalue weighted by Gasteiger charge is 2.36. The largest absolute Gasteiger partial charge is 0.480 e. The number of carbonyl (C=O) groups is 4. The highest BCUT2D eigenvalue weighted by molar-refractivity contribution is 9.11. The van der Waals surface area contributed by atoms with Crippen LogP contribution < -0.4 is 10.1 Å². The Morgan fingerprint density at radius 2 is 1.84 bits per heavy atom. The Labute approximate surface area is 208 Å². The van der Waals surface area contributed by atoms with Gasteiger partial charge in [-0.2, -0.15) is 0 Å². The van der Waals surface area contributed by atoms with Gasteiger partial charge in [-0.1, -0.05) is 23.7 Å². The fraction of sp³-hybridized carbons (Fsp3) is 0.100. The summed E-state index contributed by atoms with van der Waals surface area (Å²) in [4.78, 5) is 49.0. The van der Waals surface area contributed by atoms with E-state index in [1.165, 1.54) is 6.08 Å². The number of thioether (sulfide) groups is 1. The van der Waals surface area contributed by atoms with Crippen LogP contribution in [-0.4, -0.2) is 46.2 Å². The lowest BCUT2D eigenvalue weighted by atomic mass is 10.2. The lowest BCUT2D eigenvalue weighted by Gasteiger charge is -2.13. The summed E-state index contributed by atoms with van der Waals surface area (Å²) in [6.07, 6.45) is 1.49. The number of nitrogens with zero attached hydrogens (tertiary/aromatic N) is 1. The van der Waals surface area contributed by atoms with Crippen molar-refractivity contribution in [1.82, 2.24) is 4.90 Å². The monoisotopic (exact) mass is 602 g/mol. The van der Waals surface area contributed by atoms with Crippen LogP contribution in [0.4, 0.5) is 10.5 Å². The molecule has 1 saturated heterocycles. The molecule has 2 aromatic carbocycles. The van der Waals surface area contributed by atoms with E-state index in [4.69, 9.17) is 21.4 Å². The second-order valence-electron chi connectivity index (χ2n) is 6.29. The number of halogens is 3. The van der Waals surface area contributed by atoms with Crippen molar-refractivity contribution in [2.24, 2.45) is 0 Å². The molecule has 8 nitrogen and oxygen atoms in total. The SMILES string of the molecule is O=C(O)COc1c(Br)cc(/C=C2/SC(=O)N(CC(=O)Nc3ccccc3Cl)C2=O)cc1Br. The van der Waals surface area contributed by atoms with Gasteiger partial charge in [0.15, 0.2) is 6.61 Å². The summed E-state index contributed by atoms with van der Waals surface area (Å²) in [6.45, 7) is -0.978. The third kappa shape index (κ3) is 5.91. The van der Waals surface area contributed by atoms with Crippen molar-refractivity contribution in [2.45, 2.75) is 0 Å². The zero-order chi connectivity index (χ0) is 23.4. The molecule has 1 fully saturated rings. The lowest BCUT2D eigenvalue weighted by Crippen LogP contribution is -2.36. The molecule has 3 amide bonds. The van der Waals surface area contributed by atoms with Crippen molar-refractivity contribution in [2.75, 3.05) is 18.5 Å². The first-order chi connectivity index (χ1) is 15.2. The fourth-order valence-electron chi connectivity index (χ4n) is 2.62. The Hall–Kier alpha value is -2.34. The van der Waals surface area contributed by atoms with Crippen molar-refractivity contribution >= 4 is 90.0 Å². The van der Waals surface area contributed by atoms with E-state index in [2.05, 4.69) is 37.2 Å². The number of nitrogens with one attached hydrogen (secondary N) is 1. The number of hydrogen-bond acceptors (Lipinski definition) is 6. The summed E-state index contributed by atoms with van der Waals surface area (Å²) < 4.78 is 6.12. The van der Waals surface area contributed by atoms with Crippen LogP contribution in [0.1, 0.15) is 5.56 Å². The molecule has 1 heterocycles. The first-order valence-corrected chi connectivity index (χ1v) is 11.6. The van der Waals surface area contributed by atoms with Gasteiger partial charge in [0.2, 0.25) is 5.91 Å². The first-order valence-electron chi connectivity index (χ1n) is 8.79. The molecule has 3 rings (SSSR count). The van der Waals surface area contributed by atoms with Gasteiger partial charge >= 0.3 is 5.97 Å². The molecule has 166 valence electrons. The maximum atomic E-state index is 12.7. The molecule has 2 N–H and O–H groups in total. The number of para-hydroxylation sites is 1. The van der Waals surface area contributed by atoms with E-state index in [1.54, 1.807) is 36.4 Å². The summed E-state index contributed by atoms with van der Waals surface area (Å²) in [5.74, 6) is -2.01. The van der Waals surface area contributed by atoms with Gasteiger partial charge in [0, 0.05) is 0 Å². The van der Waals surface area contributed by atoms with Crippen molar-refractivity contribution < 1.29 is 29.0 Å². The van der Waals surface area contributed by atoms with Gasteiger partial charge in [-0.05, 0) is 79.5 Å². The molecule has 0 aliphatic carbocycles. The minimum absolute atomic E-state index is 0.138. The van der Waals surface area contributed by atoms with Gasteiger partial charge in [-0.15, -0.1) is 0 Å². The third-order valence-electron chi connectivity index (χ3n) is 3.98. The van der Waals surface area contributed by atoms with E-state index < -0.39 is 36.2 Å². The second kappa shape index (κ2) is 10.5. The van der Waals surface area contributed by atoms with E-state index in [9.17, 15) is 19.2 Å². The zero-order valence-corrected chi connectivity index (χ0v) is 20.7. The number of amides is 3. The van der Waals surface area contributed by atoms with Gasteiger partial charge in [0.05, 0.1) is 24.6 Å². The number of ether oxygens (including phenoxy) is 1. The second-order valence-corrected chi connectivity index (χ2v) is 9.40. The highest BCUT2D eigenvalue weighted by Crippen LogP contribution is 2.37. The maximum absolute atomic E-state index is 12.7.